The summed E-state index contributed by atoms with van der Waals surface area (Å²) in [5.74, 6) is 0.0215. The minimum absolute atomic E-state index is 0.0999. The average Bonchev–Trinajstić information content (AvgIpc) is 2.42. The number of alkyl halides is 3. The quantitative estimate of drug-likeness (QED) is 0.681. The average molecular weight is 335 g/mol. The Morgan fingerprint density at radius 3 is 2.38 bits per heavy atom. The third kappa shape index (κ3) is 3.68. The monoisotopic (exact) mass is 334 g/mol. The van der Waals surface area contributed by atoms with Crippen molar-refractivity contribution in [1.82, 2.24) is 0 Å². The summed E-state index contributed by atoms with van der Waals surface area (Å²) in [7, 11) is 0. The molecule has 0 atom stereocenters. The van der Waals surface area contributed by atoms with E-state index >= 15 is 0 Å². The van der Waals surface area contributed by atoms with Crippen LogP contribution < -0.4 is 4.74 Å². The molecule has 0 aromatic heterocycles. The van der Waals surface area contributed by atoms with Gasteiger partial charge in [-0.05, 0) is 30.3 Å². The Labute approximate surface area is 128 Å². The fourth-order valence-corrected chi connectivity index (χ4v) is 1.95. The van der Waals surface area contributed by atoms with Crippen LogP contribution in [0.15, 0.2) is 36.4 Å². The highest BCUT2D eigenvalue weighted by molar-refractivity contribution is 6.34. The summed E-state index contributed by atoms with van der Waals surface area (Å²) >= 11 is 11.6. The number of carbonyl (C=O) groups is 1. The van der Waals surface area contributed by atoms with E-state index in [0.717, 1.165) is 12.1 Å². The van der Waals surface area contributed by atoms with Crippen molar-refractivity contribution >= 4 is 29.5 Å². The van der Waals surface area contributed by atoms with E-state index in [1.807, 2.05) is 0 Å². The van der Waals surface area contributed by atoms with Crippen molar-refractivity contribution in [3.8, 4) is 11.5 Å². The highest BCUT2D eigenvalue weighted by Crippen LogP contribution is 2.37. The van der Waals surface area contributed by atoms with Crippen molar-refractivity contribution in [1.29, 1.82) is 0 Å². The highest BCUT2D eigenvalue weighted by Gasteiger charge is 2.33. The van der Waals surface area contributed by atoms with Crippen molar-refractivity contribution in [2.75, 3.05) is 0 Å². The molecular weight excluding hydrogens is 328 g/mol. The fraction of sp³-hybridized carbons (Fsp3) is 0.0714. The van der Waals surface area contributed by atoms with E-state index in [1.165, 1.54) is 24.3 Å². The Balaban J connectivity index is 2.42. The zero-order valence-corrected chi connectivity index (χ0v) is 11.8. The molecule has 0 unspecified atom stereocenters. The standard InChI is InChI=1S/C14H7Cl2F3O2/c15-9-2-4-12(16)13(5-9)21-10-3-1-8(7-20)11(6-10)14(17,18)19/h1-7H. The van der Waals surface area contributed by atoms with Crippen LogP contribution in [0.25, 0.3) is 0 Å². The number of hydrogen-bond donors (Lipinski definition) is 0. The maximum atomic E-state index is 12.8. The lowest BCUT2D eigenvalue weighted by molar-refractivity contribution is -0.137. The molecule has 2 aromatic carbocycles. The summed E-state index contributed by atoms with van der Waals surface area (Å²) in [6, 6.07) is 7.38. The molecular formula is C14H7Cl2F3O2. The smallest absolute Gasteiger partial charge is 0.417 e. The first-order chi connectivity index (χ1) is 9.81. The molecule has 0 spiro atoms. The number of hydrogen-bond acceptors (Lipinski definition) is 2. The minimum atomic E-state index is -4.66. The van der Waals surface area contributed by atoms with E-state index in [-0.39, 0.29) is 22.8 Å². The van der Waals surface area contributed by atoms with E-state index in [9.17, 15) is 18.0 Å². The van der Waals surface area contributed by atoms with E-state index in [2.05, 4.69) is 0 Å². The van der Waals surface area contributed by atoms with Gasteiger partial charge in [0.25, 0.3) is 0 Å². The van der Waals surface area contributed by atoms with Crippen LogP contribution >= 0.6 is 23.2 Å². The van der Waals surface area contributed by atoms with Crippen LogP contribution in [0.4, 0.5) is 13.2 Å². The highest BCUT2D eigenvalue weighted by atomic mass is 35.5. The Morgan fingerprint density at radius 1 is 1.05 bits per heavy atom. The second kappa shape index (κ2) is 5.95. The molecule has 2 nitrogen and oxygen atoms in total. The number of halogens is 5. The van der Waals surface area contributed by atoms with Crippen molar-refractivity contribution in [2.45, 2.75) is 6.18 Å². The summed E-state index contributed by atoms with van der Waals surface area (Å²) in [5.41, 5.74) is -1.54. The number of rotatable bonds is 3. The van der Waals surface area contributed by atoms with Gasteiger partial charge in [0.2, 0.25) is 0 Å². The Hall–Kier alpha value is -1.72. The lowest BCUT2D eigenvalue weighted by Crippen LogP contribution is -2.09. The third-order valence-electron chi connectivity index (χ3n) is 2.58. The zero-order valence-electron chi connectivity index (χ0n) is 10.2. The molecule has 0 aliphatic carbocycles. The lowest BCUT2D eigenvalue weighted by Gasteiger charge is -2.13. The number of carbonyl (C=O) groups excluding carboxylic acids is 1. The van der Waals surface area contributed by atoms with Crippen LogP contribution in [0.1, 0.15) is 15.9 Å². The molecule has 0 N–H and O–H groups in total. The van der Waals surface area contributed by atoms with Gasteiger partial charge < -0.3 is 4.74 Å². The molecule has 2 aromatic rings. The van der Waals surface area contributed by atoms with E-state index in [4.69, 9.17) is 27.9 Å². The SMILES string of the molecule is O=Cc1ccc(Oc2cc(Cl)ccc2Cl)cc1C(F)(F)F. The first kappa shape index (κ1) is 15.7. The summed E-state index contributed by atoms with van der Waals surface area (Å²) < 4.78 is 43.8. The van der Waals surface area contributed by atoms with Crippen molar-refractivity contribution < 1.29 is 22.7 Å². The Bertz CT molecular complexity index is 684. The van der Waals surface area contributed by atoms with Crippen molar-refractivity contribution in [3.63, 3.8) is 0 Å². The number of ether oxygens (including phenoxy) is 1. The summed E-state index contributed by atoms with van der Waals surface area (Å²) in [6.45, 7) is 0. The predicted molar refractivity (Wildman–Crippen MR) is 73.4 cm³/mol. The zero-order chi connectivity index (χ0) is 15.6. The van der Waals surface area contributed by atoms with E-state index in [0.29, 0.717) is 5.02 Å². The Morgan fingerprint density at radius 2 is 1.76 bits per heavy atom. The van der Waals surface area contributed by atoms with E-state index < -0.39 is 17.3 Å². The van der Waals surface area contributed by atoms with Gasteiger partial charge in [-0.1, -0.05) is 23.2 Å². The lowest BCUT2D eigenvalue weighted by atomic mass is 10.1. The van der Waals surface area contributed by atoms with Crippen LogP contribution in [0.5, 0.6) is 11.5 Å². The normalized spacial score (nSPS) is 11.3. The maximum Gasteiger partial charge on any atom is 0.417 e. The molecule has 0 amide bonds. The first-order valence-electron chi connectivity index (χ1n) is 5.60. The maximum absolute atomic E-state index is 12.8. The van der Waals surface area contributed by atoms with Gasteiger partial charge >= 0.3 is 6.18 Å². The topological polar surface area (TPSA) is 26.3 Å². The van der Waals surface area contributed by atoms with Crippen LogP contribution in [0, 0.1) is 0 Å². The van der Waals surface area contributed by atoms with Gasteiger partial charge in [0.15, 0.2) is 6.29 Å². The molecule has 0 saturated heterocycles. The summed E-state index contributed by atoms with van der Waals surface area (Å²) in [4.78, 5) is 10.7. The van der Waals surface area contributed by atoms with Crippen molar-refractivity contribution in [2.24, 2.45) is 0 Å². The molecule has 110 valence electrons. The fourth-order valence-electron chi connectivity index (χ4n) is 1.63. The Kier molecular flexibility index (Phi) is 4.44. The molecule has 0 fully saturated rings. The second-order valence-corrected chi connectivity index (χ2v) is 4.89. The molecule has 0 aliphatic heterocycles. The van der Waals surface area contributed by atoms with Crippen LogP contribution in [0.2, 0.25) is 10.0 Å². The van der Waals surface area contributed by atoms with Crippen LogP contribution in [-0.2, 0) is 6.18 Å². The molecule has 0 heterocycles. The third-order valence-corrected chi connectivity index (χ3v) is 3.13. The molecule has 2 rings (SSSR count). The summed E-state index contributed by atoms with van der Waals surface area (Å²) in [5, 5.41) is 0.530. The van der Waals surface area contributed by atoms with Gasteiger partial charge in [0.05, 0.1) is 10.6 Å². The summed E-state index contributed by atoms with van der Waals surface area (Å²) in [6.07, 6.45) is -4.52. The minimum Gasteiger partial charge on any atom is -0.456 e. The van der Waals surface area contributed by atoms with Gasteiger partial charge in [-0.25, -0.2) is 0 Å². The largest absolute Gasteiger partial charge is 0.456 e. The van der Waals surface area contributed by atoms with Gasteiger partial charge in [-0.15, -0.1) is 0 Å². The van der Waals surface area contributed by atoms with Crippen molar-refractivity contribution in [3.05, 3.63) is 57.6 Å². The van der Waals surface area contributed by atoms with Gasteiger partial charge in [-0.3, -0.25) is 4.79 Å². The van der Waals surface area contributed by atoms with Gasteiger partial charge in [0, 0.05) is 16.7 Å². The predicted octanol–water partition coefficient (Wildman–Crippen LogP) is 5.62. The van der Waals surface area contributed by atoms with Crippen LogP contribution in [0.3, 0.4) is 0 Å². The van der Waals surface area contributed by atoms with Gasteiger partial charge in [0.1, 0.15) is 11.5 Å². The molecule has 0 aliphatic rings. The molecule has 0 saturated carbocycles. The number of benzene rings is 2. The molecule has 0 radical (unpaired) electrons. The second-order valence-electron chi connectivity index (χ2n) is 4.04. The van der Waals surface area contributed by atoms with Crippen LogP contribution in [-0.4, -0.2) is 6.29 Å². The molecule has 21 heavy (non-hydrogen) atoms. The molecule has 0 bridgehead atoms. The van der Waals surface area contributed by atoms with E-state index in [1.54, 1.807) is 0 Å². The number of aldehydes is 1. The molecule has 7 heteroatoms. The first-order valence-corrected chi connectivity index (χ1v) is 6.36. The van der Waals surface area contributed by atoms with Gasteiger partial charge in [-0.2, -0.15) is 13.2 Å².